The molecule has 0 aromatic carbocycles. The second-order valence-corrected chi connectivity index (χ2v) is 6.49. The lowest BCUT2D eigenvalue weighted by atomic mass is 9.92. The first-order chi connectivity index (χ1) is 8.22. The lowest BCUT2D eigenvalue weighted by Gasteiger charge is -2.32. The van der Waals surface area contributed by atoms with E-state index in [4.69, 9.17) is 0 Å². The van der Waals surface area contributed by atoms with Gasteiger partial charge in [0.1, 0.15) is 0 Å². The number of carbonyl (C=O) groups is 1. The lowest BCUT2D eigenvalue weighted by Crippen LogP contribution is -2.47. The quantitative estimate of drug-likeness (QED) is 0.806. The van der Waals surface area contributed by atoms with Crippen molar-refractivity contribution in [2.45, 2.75) is 43.9 Å². The molecule has 98 valence electrons. The molecule has 2 aliphatic rings. The maximum Gasteiger partial charge on any atom is 0.224 e. The molecule has 4 unspecified atom stereocenters. The van der Waals surface area contributed by atoms with Crippen molar-refractivity contribution < 1.29 is 4.79 Å². The standard InChI is InChI=1S/C13H24N2OS/c1-9-7-14-8-10(9)13(16)15-11-5-3-4-6-12(11)17-2/h9-12,14H,3-8H2,1-2H3,(H,15,16). The Labute approximate surface area is 108 Å². The summed E-state index contributed by atoms with van der Waals surface area (Å²) < 4.78 is 0. The van der Waals surface area contributed by atoms with Gasteiger partial charge in [-0.15, -0.1) is 0 Å². The highest BCUT2D eigenvalue weighted by Crippen LogP contribution is 2.28. The number of hydrogen-bond donors (Lipinski definition) is 2. The van der Waals surface area contributed by atoms with E-state index in [9.17, 15) is 4.79 Å². The monoisotopic (exact) mass is 256 g/mol. The first kappa shape index (κ1) is 13.2. The van der Waals surface area contributed by atoms with Gasteiger partial charge in [0.25, 0.3) is 0 Å². The summed E-state index contributed by atoms with van der Waals surface area (Å²) in [5.41, 5.74) is 0. The van der Waals surface area contributed by atoms with Crippen LogP contribution in [0.15, 0.2) is 0 Å². The van der Waals surface area contributed by atoms with Crippen molar-refractivity contribution in [1.29, 1.82) is 0 Å². The molecule has 0 aromatic rings. The van der Waals surface area contributed by atoms with Crippen LogP contribution in [0.1, 0.15) is 32.6 Å². The van der Waals surface area contributed by atoms with Gasteiger partial charge in [-0.25, -0.2) is 0 Å². The van der Waals surface area contributed by atoms with Crippen LogP contribution in [0.2, 0.25) is 0 Å². The van der Waals surface area contributed by atoms with E-state index in [-0.39, 0.29) is 11.8 Å². The molecule has 0 radical (unpaired) electrons. The molecule has 1 saturated heterocycles. The summed E-state index contributed by atoms with van der Waals surface area (Å²) in [5.74, 6) is 0.930. The van der Waals surface area contributed by atoms with Crippen LogP contribution >= 0.6 is 11.8 Å². The summed E-state index contributed by atoms with van der Waals surface area (Å²) in [7, 11) is 0. The fourth-order valence-corrected chi connectivity index (χ4v) is 3.93. The maximum absolute atomic E-state index is 12.2. The van der Waals surface area contributed by atoms with Gasteiger partial charge in [-0.2, -0.15) is 11.8 Å². The minimum atomic E-state index is 0.180. The van der Waals surface area contributed by atoms with Crippen LogP contribution in [0.25, 0.3) is 0 Å². The molecule has 2 fully saturated rings. The van der Waals surface area contributed by atoms with Crippen molar-refractivity contribution in [2.75, 3.05) is 19.3 Å². The lowest BCUT2D eigenvalue weighted by molar-refractivity contribution is -0.126. The molecule has 1 aliphatic heterocycles. The molecule has 4 atom stereocenters. The van der Waals surface area contributed by atoms with Crippen molar-refractivity contribution in [3.05, 3.63) is 0 Å². The predicted molar refractivity (Wildman–Crippen MR) is 73.2 cm³/mol. The summed E-state index contributed by atoms with van der Waals surface area (Å²) in [5, 5.41) is 7.21. The molecule has 1 aliphatic carbocycles. The SMILES string of the molecule is CSC1CCCCC1NC(=O)C1CNCC1C. The van der Waals surface area contributed by atoms with Gasteiger partial charge < -0.3 is 10.6 Å². The Morgan fingerprint density at radius 3 is 2.71 bits per heavy atom. The van der Waals surface area contributed by atoms with Gasteiger partial charge in [0.05, 0.1) is 5.92 Å². The molecule has 0 aromatic heterocycles. The Bertz CT molecular complexity index is 272. The zero-order chi connectivity index (χ0) is 12.3. The van der Waals surface area contributed by atoms with Crippen LogP contribution in [0.5, 0.6) is 0 Å². The van der Waals surface area contributed by atoms with Gasteiger partial charge in [0, 0.05) is 17.8 Å². The highest BCUT2D eigenvalue weighted by Gasteiger charge is 2.33. The van der Waals surface area contributed by atoms with E-state index in [0.717, 1.165) is 19.5 Å². The summed E-state index contributed by atoms with van der Waals surface area (Å²) in [4.78, 5) is 12.2. The van der Waals surface area contributed by atoms with Gasteiger partial charge in [0.2, 0.25) is 5.91 Å². The molecule has 1 saturated carbocycles. The third kappa shape index (κ3) is 3.16. The van der Waals surface area contributed by atoms with Crippen LogP contribution in [0, 0.1) is 11.8 Å². The number of nitrogens with one attached hydrogen (secondary N) is 2. The average molecular weight is 256 g/mol. The van der Waals surface area contributed by atoms with Crippen LogP contribution < -0.4 is 10.6 Å². The van der Waals surface area contributed by atoms with Gasteiger partial charge in [0.15, 0.2) is 0 Å². The summed E-state index contributed by atoms with van der Waals surface area (Å²) in [6.07, 6.45) is 7.16. The molecule has 1 amide bonds. The third-order valence-corrected chi connectivity index (χ3v) is 5.36. The molecule has 4 heteroatoms. The van der Waals surface area contributed by atoms with E-state index in [0.29, 0.717) is 17.2 Å². The third-order valence-electron chi connectivity index (χ3n) is 4.19. The highest BCUT2D eigenvalue weighted by atomic mass is 32.2. The average Bonchev–Trinajstić information content (AvgIpc) is 2.76. The Hall–Kier alpha value is -0.220. The van der Waals surface area contributed by atoms with E-state index >= 15 is 0 Å². The second-order valence-electron chi connectivity index (χ2n) is 5.42. The molecule has 2 rings (SSSR count). The Kier molecular flexibility index (Phi) is 4.74. The summed E-state index contributed by atoms with van der Waals surface area (Å²) in [6, 6.07) is 0.402. The zero-order valence-corrected chi connectivity index (χ0v) is 11.7. The molecule has 1 heterocycles. The number of hydrogen-bond acceptors (Lipinski definition) is 3. The normalized spacial score (nSPS) is 38.0. The molecule has 0 bridgehead atoms. The van der Waals surface area contributed by atoms with Crippen molar-refractivity contribution in [1.82, 2.24) is 10.6 Å². The van der Waals surface area contributed by atoms with Crippen molar-refractivity contribution in [3.8, 4) is 0 Å². The number of amides is 1. The molecule has 0 spiro atoms. The van der Waals surface area contributed by atoms with Gasteiger partial charge in [-0.05, 0) is 31.6 Å². The van der Waals surface area contributed by atoms with Crippen molar-refractivity contribution >= 4 is 17.7 Å². The summed E-state index contributed by atoms with van der Waals surface area (Å²) in [6.45, 7) is 4.00. The number of thioether (sulfide) groups is 1. The molecule has 3 nitrogen and oxygen atoms in total. The first-order valence-corrected chi connectivity index (χ1v) is 8.05. The fraction of sp³-hybridized carbons (Fsp3) is 0.923. The van der Waals surface area contributed by atoms with Crippen LogP contribution in [-0.4, -0.2) is 36.5 Å². The van der Waals surface area contributed by atoms with Crippen LogP contribution in [0.3, 0.4) is 0 Å². The van der Waals surface area contributed by atoms with E-state index in [1.165, 1.54) is 19.3 Å². The second kappa shape index (κ2) is 6.10. The van der Waals surface area contributed by atoms with Gasteiger partial charge >= 0.3 is 0 Å². The summed E-state index contributed by atoms with van der Waals surface area (Å²) >= 11 is 1.91. The smallest absolute Gasteiger partial charge is 0.224 e. The predicted octanol–water partition coefficient (Wildman–Crippen LogP) is 1.63. The van der Waals surface area contributed by atoms with Crippen molar-refractivity contribution in [2.24, 2.45) is 11.8 Å². The minimum Gasteiger partial charge on any atom is -0.352 e. The van der Waals surface area contributed by atoms with Gasteiger partial charge in [-0.3, -0.25) is 4.79 Å². The van der Waals surface area contributed by atoms with Crippen LogP contribution in [-0.2, 0) is 4.79 Å². The highest BCUT2D eigenvalue weighted by molar-refractivity contribution is 7.99. The molecule has 17 heavy (non-hydrogen) atoms. The topological polar surface area (TPSA) is 41.1 Å². The van der Waals surface area contributed by atoms with Crippen LogP contribution in [0.4, 0.5) is 0 Å². The molecule has 2 N–H and O–H groups in total. The van der Waals surface area contributed by atoms with E-state index < -0.39 is 0 Å². The van der Waals surface area contributed by atoms with E-state index in [2.05, 4.69) is 23.8 Å². The van der Waals surface area contributed by atoms with E-state index in [1.54, 1.807) is 0 Å². The molecular weight excluding hydrogens is 232 g/mol. The Balaban J connectivity index is 1.88. The number of carbonyl (C=O) groups excluding carboxylic acids is 1. The number of rotatable bonds is 3. The van der Waals surface area contributed by atoms with Gasteiger partial charge in [-0.1, -0.05) is 19.8 Å². The Morgan fingerprint density at radius 2 is 2.06 bits per heavy atom. The zero-order valence-electron chi connectivity index (χ0n) is 10.9. The first-order valence-electron chi connectivity index (χ1n) is 6.76. The largest absolute Gasteiger partial charge is 0.352 e. The fourth-order valence-electron chi connectivity index (χ4n) is 2.99. The molecular formula is C13H24N2OS. The Morgan fingerprint density at radius 1 is 1.29 bits per heavy atom. The van der Waals surface area contributed by atoms with E-state index in [1.807, 2.05) is 11.8 Å². The van der Waals surface area contributed by atoms with Crippen molar-refractivity contribution in [3.63, 3.8) is 0 Å². The minimum absolute atomic E-state index is 0.180. The maximum atomic E-state index is 12.2.